The summed E-state index contributed by atoms with van der Waals surface area (Å²) < 4.78 is 0. The molecule has 3 aliphatic heterocycles. The topological polar surface area (TPSA) is 111 Å². The van der Waals surface area contributed by atoms with Gasteiger partial charge in [-0.05, 0) is 31.7 Å². The number of aliphatic carboxylic acids is 1. The molecule has 4 N–H and O–H groups in total. The molecule has 3 saturated heterocycles. The van der Waals surface area contributed by atoms with Crippen LogP contribution in [-0.2, 0) is 14.4 Å². The smallest absolute Gasteiger partial charge is 0.326 e. The molecule has 3 atom stereocenters. The Morgan fingerprint density at radius 2 is 1.96 bits per heavy atom. The van der Waals surface area contributed by atoms with Crippen molar-refractivity contribution in [3.63, 3.8) is 0 Å². The highest BCUT2D eigenvalue weighted by atomic mass is 16.4. The number of amides is 1. The zero-order chi connectivity index (χ0) is 18.9. The maximum Gasteiger partial charge on any atom is 0.326 e. The summed E-state index contributed by atoms with van der Waals surface area (Å²) in [5, 5.41) is 19.2. The Balaban J connectivity index is 1.80. The number of nitrogens with one attached hydrogen (secondary N) is 3. The van der Waals surface area contributed by atoms with Gasteiger partial charge in [-0.1, -0.05) is 13.8 Å². The van der Waals surface area contributed by atoms with E-state index in [0.29, 0.717) is 19.4 Å². The number of Topliss-reactive ketones (excluding diaryl/α,β-unsaturated/α-hetero) is 1. The molecule has 1 spiro atoms. The Hall–Kier alpha value is -1.51. The third-order valence-electron chi connectivity index (χ3n) is 5.89. The lowest BCUT2D eigenvalue weighted by Gasteiger charge is -2.29. The van der Waals surface area contributed by atoms with Crippen molar-refractivity contribution in [2.45, 2.75) is 57.3 Å². The average molecular weight is 366 g/mol. The van der Waals surface area contributed by atoms with Crippen LogP contribution in [-0.4, -0.2) is 71.6 Å². The molecule has 3 fully saturated rings. The molecule has 3 aliphatic rings. The number of carbonyl (C=O) groups is 3. The molecule has 8 nitrogen and oxygen atoms in total. The number of nitrogens with zero attached hydrogens (tertiary/aromatic N) is 1. The van der Waals surface area contributed by atoms with Crippen molar-refractivity contribution in [3.8, 4) is 0 Å². The fraction of sp³-hybridized carbons (Fsp3) is 0.833. The van der Waals surface area contributed by atoms with Gasteiger partial charge in [0.15, 0.2) is 5.78 Å². The highest BCUT2D eigenvalue weighted by Gasteiger charge is 2.57. The van der Waals surface area contributed by atoms with Crippen LogP contribution in [0.5, 0.6) is 0 Å². The van der Waals surface area contributed by atoms with Crippen molar-refractivity contribution in [2.24, 2.45) is 11.8 Å². The van der Waals surface area contributed by atoms with Crippen LogP contribution in [0.3, 0.4) is 0 Å². The highest BCUT2D eigenvalue weighted by Crippen LogP contribution is 2.40. The molecule has 0 saturated carbocycles. The van der Waals surface area contributed by atoms with E-state index in [-0.39, 0.29) is 36.1 Å². The molecule has 0 aliphatic carbocycles. The first-order chi connectivity index (χ1) is 12.3. The fourth-order valence-corrected chi connectivity index (χ4v) is 4.61. The van der Waals surface area contributed by atoms with Gasteiger partial charge in [-0.25, -0.2) is 4.79 Å². The van der Waals surface area contributed by atoms with Crippen molar-refractivity contribution in [2.75, 3.05) is 26.2 Å². The predicted octanol–water partition coefficient (Wildman–Crippen LogP) is -0.456. The Bertz CT molecular complexity index is 568. The number of carboxylic acid groups (broad SMARTS) is 1. The monoisotopic (exact) mass is 366 g/mol. The molecule has 0 aromatic carbocycles. The van der Waals surface area contributed by atoms with Gasteiger partial charge >= 0.3 is 5.97 Å². The minimum Gasteiger partial charge on any atom is -0.480 e. The van der Waals surface area contributed by atoms with E-state index >= 15 is 0 Å². The molecule has 0 aromatic heterocycles. The predicted molar refractivity (Wildman–Crippen MR) is 95.5 cm³/mol. The molecule has 26 heavy (non-hydrogen) atoms. The van der Waals surface area contributed by atoms with E-state index in [0.717, 1.165) is 26.1 Å². The number of ketones is 1. The van der Waals surface area contributed by atoms with Gasteiger partial charge in [0.1, 0.15) is 17.7 Å². The zero-order valence-corrected chi connectivity index (χ0v) is 15.6. The molecule has 0 aromatic rings. The summed E-state index contributed by atoms with van der Waals surface area (Å²) in [4.78, 5) is 39.2. The Morgan fingerprint density at radius 1 is 1.27 bits per heavy atom. The molecular weight excluding hydrogens is 336 g/mol. The van der Waals surface area contributed by atoms with E-state index in [1.54, 1.807) is 0 Å². The lowest BCUT2D eigenvalue weighted by Crippen LogP contribution is -2.54. The molecule has 146 valence electrons. The average Bonchev–Trinajstić information content (AvgIpc) is 3.31. The van der Waals surface area contributed by atoms with Crippen LogP contribution >= 0.6 is 0 Å². The maximum atomic E-state index is 13.2. The minimum absolute atomic E-state index is 0.0472. The highest BCUT2D eigenvalue weighted by molar-refractivity contribution is 5.94. The first kappa shape index (κ1) is 19.3. The summed E-state index contributed by atoms with van der Waals surface area (Å²) in [6.07, 6.45) is 1.87. The lowest BCUT2D eigenvalue weighted by molar-refractivity contribution is -0.150. The third-order valence-corrected chi connectivity index (χ3v) is 5.89. The number of rotatable bonds is 7. The number of hydrogen-bond acceptors (Lipinski definition) is 6. The second kappa shape index (κ2) is 7.62. The maximum absolute atomic E-state index is 13.2. The zero-order valence-electron chi connectivity index (χ0n) is 15.6. The van der Waals surface area contributed by atoms with Gasteiger partial charge in [-0.15, -0.1) is 0 Å². The summed E-state index contributed by atoms with van der Waals surface area (Å²) in [5.74, 6) is -1.09. The standard InChI is InChI=1S/C18H30N4O4/c1-11(2)8-13(16(24)25)22-10-12(9-14(23)15-19-6-7-20-15)18(17(22)26)4-3-5-21-18/h11-13,15,19-21H,3-10H2,1-2H3,(H,24,25). The number of carbonyl (C=O) groups excluding carboxylic acids is 2. The first-order valence-electron chi connectivity index (χ1n) is 9.63. The summed E-state index contributed by atoms with van der Waals surface area (Å²) in [7, 11) is 0. The van der Waals surface area contributed by atoms with Crippen molar-refractivity contribution in [1.82, 2.24) is 20.9 Å². The van der Waals surface area contributed by atoms with Crippen LogP contribution in [0.1, 0.15) is 39.5 Å². The molecule has 8 heteroatoms. The summed E-state index contributed by atoms with van der Waals surface area (Å²) in [6.45, 7) is 6.48. The number of likely N-dealkylation sites (tertiary alicyclic amines) is 1. The van der Waals surface area contributed by atoms with Crippen molar-refractivity contribution in [3.05, 3.63) is 0 Å². The van der Waals surface area contributed by atoms with Gasteiger partial charge in [-0.2, -0.15) is 0 Å². The van der Waals surface area contributed by atoms with E-state index in [2.05, 4.69) is 16.0 Å². The van der Waals surface area contributed by atoms with E-state index in [9.17, 15) is 19.5 Å². The Morgan fingerprint density at radius 3 is 2.50 bits per heavy atom. The van der Waals surface area contributed by atoms with Crippen LogP contribution in [0.4, 0.5) is 0 Å². The van der Waals surface area contributed by atoms with Crippen molar-refractivity contribution in [1.29, 1.82) is 0 Å². The van der Waals surface area contributed by atoms with Gasteiger partial charge < -0.3 is 15.3 Å². The summed E-state index contributed by atoms with van der Waals surface area (Å²) in [5.41, 5.74) is -0.779. The summed E-state index contributed by atoms with van der Waals surface area (Å²) in [6, 6.07) is -0.829. The molecule has 3 heterocycles. The normalized spacial score (nSPS) is 30.7. The van der Waals surface area contributed by atoms with Gasteiger partial charge in [0.2, 0.25) is 5.91 Å². The van der Waals surface area contributed by atoms with Gasteiger partial charge in [0.25, 0.3) is 0 Å². The molecule has 3 rings (SSSR count). The van der Waals surface area contributed by atoms with E-state index in [1.165, 1.54) is 4.90 Å². The molecule has 0 radical (unpaired) electrons. The summed E-state index contributed by atoms with van der Waals surface area (Å²) >= 11 is 0. The largest absolute Gasteiger partial charge is 0.480 e. The Kier molecular flexibility index (Phi) is 5.64. The first-order valence-corrected chi connectivity index (χ1v) is 9.63. The van der Waals surface area contributed by atoms with Crippen LogP contribution in [0, 0.1) is 11.8 Å². The SMILES string of the molecule is CC(C)CC(C(=O)O)N1CC(CC(=O)C2NCCN2)C2(CCCN2)C1=O. The van der Waals surface area contributed by atoms with Crippen LogP contribution < -0.4 is 16.0 Å². The number of hydrogen-bond donors (Lipinski definition) is 4. The van der Waals surface area contributed by atoms with Crippen LogP contribution in [0.15, 0.2) is 0 Å². The molecule has 3 unspecified atom stereocenters. The fourth-order valence-electron chi connectivity index (χ4n) is 4.61. The second-order valence-corrected chi connectivity index (χ2v) is 8.15. The Labute approximate surface area is 154 Å². The van der Waals surface area contributed by atoms with Gasteiger partial charge in [0, 0.05) is 32.0 Å². The lowest BCUT2D eigenvalue weighted by atomic mass is 9.81. The molecular formula is C18H30N4O4. The van der Waals surface area contributed by atoms with Crippen molar-refractivity contribution < 1.29 is 19.5 Å². The van der Waals surface area contributed by atoms with Crippen LogP contribution in [0.25, 0.3) is 0 Å². The van der Waals surface area contributed by atoms with E-state index < -0.39 is 17.6 Å². The van der Waals surface area contributed by atoms with Gasteiger partial charge in [-0.3, -0.25) is 20.2 Å². The molecule has 0 bridgehead atoms. The second-order valence-electron chi connectivity index (χ2n) is 8.15. The van der Waals surface area contributed by atoms with Crippen LogP contribution in [0.2, 0.25) is 0 Å². The number of carboxylic acids is 1. The minimum atomic E-state index is -0.966. The van der Waals surface area contributed by atoms with Crippen molar-refractivity contribution >= 4 is 17.7 Å². The molecule has 1 amide bonds. The quantitative estimate of drug-likeness (QED) is 0.483. The van der Waals surface area contributed by atoms with E-state index in [4.69, 9.17) is 0 Å². The third kappa shape index (κ3) is 3.50. The van der Waals surface area contributed by atoms with E-state index in [1.807, 2.05) is 13.8 Å². The van der Waals surface area contributed by atoms with Gasteiger partial charge in [0.05, 0.1) is 0 Å².